The van der Waals surface area contributed by atoms with E-state index in [1.807, 2.05) is 12.1 Å². The van der Waals surface area contributed by atoms with Gasteiger partial charge in [0.05, 0.1) is 0 Å². The normalized spacial score (nSPS) is 12.4. The summed E-state index contributed by atoms with van der Waals surface area (Å²) in [4.78, 5) is 0. The van der Waals surface area contributed by atoms with Crippen molar-refractivity contribution < 1.29 is 4.39 Å². The number of halogens is 2. The molecule has 0 saturated heterocycles. The first-order chi connectivity index (χ1) is 9.06. The van der Waals surface area contributed by atoms with E-state index in [1.165, 1.54) is 17.2 Å². The van der Waals surface area contributed by atoms with Crippen LogP contribution in [0.5, 0.6) is 0 Å². The highest BCUT2D eigenvalue weighted by Crippen LogP contribution is 2.18. The Morgan fingerprint density at radius 1 is 1.21 bits per heavy atom. The number of aryl methyl sites for hydroxylation is 1. The third kappa shape index (κ3) is 3.88. The summed E-state index contributed by atoms with van der Waals surface area (Å²) in [7, 11) is 0. The Morgan fingerprint density at radius 2 is 2.00 bits per heavy atom. The first-order valence-electron chi connectivity index (χ1n) is 6.30. The van der Waals surface area contributed by atoms with Crippen LogP contribution in [0.1, 0.15) is 29.7 Å². The van der Waals surface area contributed by atoms with Crippen LogP contribution in [0.15, 0.2) is 46.9 Å². The van der Waals surface area contributed by atoms with Crippen LogP contribution in [0.2, 0.25) is 0 Å². The summed E-state index contributed by atoms with van der Waals surface area (Å²) in [5.74, 6) is -0.174. The molecule has 0 bridgehead atoms. The summed E-state index contributed by atoms with van der Waals surface area (Å²) in [5, 5.41) is 3.35. The lowest BCUT2D eigenvalue weighted by molar-refractivity contribution is 0.544. The van der Waals surface area contributed by atoms with Crippen molar-refractivity contribution in [2.45, 2.75) is 26.4 Å². The Morgan fingerprint density at radius 3 is 2.74 bits per heavy atom. The van der Waals surface area contributed by atoms with Crippen LogP contribution in [-0.2, 0) is 6.54 Å². The monoisotopic (exact) mass is 321 g/mol. The van der Waals surface area contributed by atoms with Crippen molar-refractivity contribution in [2.75, 3.05) is 0 Å². The van der Waals surface area contributed by atoms with Crippen molar-refractivity contribution in [3.8, 4) is 0 Å². The molecule has 0 spiro atoms. The average molecular weight is 322 g/mol. The van der Waals surface area contributed by atoms with Gasteiger partial charge >= 0.3 is 0 Å². The summed E-state index contributed by atoms with van der Waals surface area (Å²) in [6, 6.07) is 13.6. The van der Waals surface area contributed by atoms with Crippen LogP contribution in [0, 0.1) is 12.7 Å². The van der Waals surface area contributed by atoms with Gasteiger partial charge in [-0.2, -0.15) is 0 Å². The smallest absolute Gasteiger partial charge is 0.127 e. The second-order valence-electron chi connectivity index (χ2n) is 4.75. The molecule has 1 N–H and O–H groups in total. The summed E-state index contributed by atoms with van der Waals surface area (Å²) < 4.78 is 14.5. The van der Waals surface area contributed by atoms with Gasteiger partial charge in [0.25, 0.3) is 0 Å². The molecule has 0 aliphatic heterocycles. The van der Waals surface area contributed by atoms with Gasteiger partial charge in [-0.05, 0) is 37.6 Å². The molecule has 0 fully saturated rings. The molecule has 100 valence electrons. The second kappa shape index (κ2) is 6.31. The Balaban J connectivity index is 2.04. The van der Waals surface area contributed by atoms with E-state index >= 15 is 0 Å². The molecule has 0 aliphatic rings. The highest BCUT2D eigenvalue weighted by Gasteiger charge is 2.07. The van der Waals surface area contributed by atoms with Crippen LogP contribution in [-0.4, -0.2) is 0 Å². The topological polar surface area (TPSA) is 12.0 Å². The molecule has 3 heteroatoms. The lowest BCUT2D eigenvalue weighted by Gasteiger charge is -2.15. The minimum atomic E-state index is -0.174. The highest BCUT2D eigenvalue weighted by atomic mass is 79.9. The Hall–Kier alpha value is -1.19. The molecule has 2 aromatic rings. The number of rotatable bonds is 4. The molecule has 0 aliphatic carbocycles. The van der Waals surface area contributed by atoms with E-state index in [0.29, 0.717) is 12.1 Å². The molecule has 0 amide bonds. The molecule has 0 saturated carbocycles. The molecule has 19 heavy (non-hydrogen) atoms. The van der Waals surface area contributed by atoms with Crippen molar-refractivity contribution >= 4 is 15.9 Å². The Bertz CT molecular complexity index is 568. The van der Waals surface area contributed by atoms with E-state index < -0.39 is 0 Å². The third-order valence-electron chi connectivity index (χ3n) is 3.15. The SMILES string of the molecule is Cc1cccc([C@@H](C)NCc2cc(Br)ccc2F)c1. The lowest BCUT2D eigenvalue weighted by atomic mass is 10.1. The zero-order chi connectivity index (χ0) is 13.8. The number of hydrogen-bond acceptors (Lipinski definition) is 1. The van der Waals surface area contributed by atoms with E-state index in [0.717, 1.165) is 4.47 Å². The van der Waals surface area contributed by atoms with Gasteiger partial charge in [0, 0.05) is 22.6 Å². The van der Waals surface area contributed by atoms with Crippen LogP contribution >= 0.6 is 15.9 Å². The fourth-order valence-electron chi connectivity index (χ4n) is 2.00. The predicted octanol–water partition coefficient (Wildman–Crippen LogP) is 4.75. The second-order valence-corrected chi connectivity index (χ2v) is 5.67. The van der Waals surface area contributed by atoms with Gasteiger partial charge < -0.3 is 5.32 Å². The Kier molecular flexibility index (Phi) is 4.72. The van der Waals surface area contributed by atoms with Crippen LogP contribution in [0.4, 0.5) is 4.39 Å². The van der Waals surface area contributed by atoms with Gasteiger partial charge in [-0.15, -0.1) is 0 Å². The van der Waals surface area contributed by atoms with E-state index in [1.54, 1.807) is 6.07 Å². The first-order valence-corrected chi connectivity index (χ1v) is 7.09. The average Bonchev–Trinajstić information content (AvgIpc) is 2.39. The predicted molar refractivity (Wildman–Crippen MR) is 80.5 cm³/mol. The maximum Gasteiger partial charge on any atom is 0.127 e. The minimum Gasteiger partial charge on any atom is -0.306 e. The molecule has 0 radical (unpaired) electrons. The van der Waals surface area contributed by atoms with Crippen molar-refractivity contribution in [1.82, 2.24) is 5.32 Å². The summed E-state index contributed by atoms with van der Waals surface area (Å²) in [5.41, 5.74) is 3.13. The van der Waals surface area contributed by atoms with Crippen LogP contribution in [0.25, 0.3) is 0 Å². The highest BCUT2D eigenvalue weighted by molar-refractivity contribution is 9.10. The maximum absolute atomic E-state index is 13.6. The lowest BCUT2D eigenvalue weighted by Crippen LogP contribution is -2.18. The largest absolute Gasteiger partial charge is 0.306 e. The van der Waals surface area contributed by atoms with Gasteiger partial charge in [0.15, 0.2) is 0 Å². The molecule has 0 unspecified atom stereocenters. The van der Waals surface area contributed by atoms with Crippen molar-refractivity contribution in [3.63, 3.8) is 0 Å². The zero-order valence-corrected chi connectivity index (χ0v) is 12.7. The van der Waals surface area contributed by atoms with Crippen molar-refractivity contribution in [3.05, 3.63) is 69.4 Å². The van der Waals surface area contributed by atoms with Crippen molar-refractivity contribution in [2.24, 2.45) is 0 Å². The standard InChI is InChI=1S/C16H17BrFN/c1-11-4-3-5-13(8-11)12(2)19-10-14-9-15(17)6-7-16(14)18/h3-9,12,19H,10H2,1-2H3/t12-/m1/s1. The van der Waals surface area contributed by atoms with Gasteiger partial charge in [-0.25, -0.2) is 4.39 Å². The quantitative estimate of drug-likeness (QED) is 0.857. The van der Waals surface area contributed by atoms with Gasteiger partial charge in [-0.3, -0.25) is 0 Å². The molecule has 2 aromatic carbocycles. The van der Waals surface area contributed by atoms with Crippen molar-refractivity contribution in [1.29, 1.82) is 0 Å². The molecule has 2 rings (SSSR count). The molecule has 1 nitrogen and oxygen atoms in total. The van der Waals surface area contributed by atoms with Gasteiger partial charge in [-0.1, -0.05) is 45.8 Å². The minimum absolute atomic E-state index is 0.174. The number of hydrogen-bond donors (Lipinski definition) is 1. The maximum atomic E-state index is 13.6. The van der Waals surface area contributed by atoms with Gasteiger partial charge in [0.1, 0.15) is 5.82 Å². The fraction of sp³-hybridized carbons (Fsp3) is 0.250. The summed E-state index contributed by atoms with van der Waals surface area (Å²) in [6.45, 7) is 4.68. The van der Waals surface area contributed by atoms with E-state index in [2.05, 4.69) is 53.3 Å². The van der Waals surface area contributed by atoms with Crippen LogP contribution in [0.3, 0.4) is 0 Å². The molecular weight excluding hydrogens is 305 g/mol. The van der Waals surface area contributed by atoms with Crippen LogP contribution < -0.4 is 5.32 Å². The number of benzene rings is 2. The third-order valence-corrected chi connectivity index (χ3v) is 3.64. The van der Waals surface area contributed by atoms with E-state index in [9.17, 15) is 4.39 Å². The molecule has 1 atom stereocenters. The molecule has 0 heterocycles. The molecule has 0 aromatic heterocycles. The van der Waals surface area contributed by atoms with Gasteiger partial charge in [0.2, 0.25) is 0 Å². The van der Waals surface area contributed by atoms with E-state index in [4.69, 9.17) is 0 Å². The molecular formula is C16H17BrFN. The fourth-order valence-corrected chi connectivity index (χ4v) is 2.41. The summed E-state index contributed by atoms with van der Waals surface area (Å²) in [6.07, 6.45) is 0. The zero-order valence-electron chi connectivity index (χ0n) is 11.1. The van der Waals surface area contributed by atoms with E-state index in [-0.39, 0.29) is 11.9 Å². The summed E-state index contributed by atoms with van der Waals surface area (Å²) >= 11 is 3.36. The number of nitrogens with one attached hydrogen (secondary N) is 1. The Labute approximate surface area is 122 Å². The first kappa shape index (κ1) is 14.2.